The maximum absolute atomic E-state index is 13.0. The van der Waals surface area contributed by atoms with Gasteiger partial charge in [0.2, 0.25) is 59.0 Å². The van der Waals surface area contributed by atoms with E-state index in [2.05, 4.69) is 118 Å². The van der Waals surface area contributed by atoms with Crippen molar-refractivity contribution in [2.75, 3.05) is 40.4 Å². The highest BCUT2D eigenvalue weighted by Crippen LogP contribution is 2.23. The number of aromatic amines is 4. The molecule has 12 heterocycles. The molecule has 8 aromatic rings. The molecule has 8 aromatic heterocycles. The van der Waals surface area contributed by atoms with Crippen molar-refractivity contribution in [2.45, 2.75) is 181 Å². The van der Waals surface area contributed by atoms with Crippen molar-refractivity contribution in [2.24, 2.45) is 58.8 Å². The van der Waals surface area contributed by atoms with Crippen molar-refractivity contribution >= 4 is 133 Å². The van der Waals surface area contributed by atoms with Crippen LogP contribution in [0, 0.1) is 58.7 Å². The topological polar surface area (TPSA) is 669 Å². The highest BCUT2D eigenvalue weighted by atomic mass is 16.5. The fraction of sp³-hybridized carbons (Fsp3) is 0.512. The van der Waals surface area contributed by atoms with Gasteiger partial charge in [0.1, 0.15) is 42.3 Å². The Hall–Kier alpha value is -14.0. The second kappa shape index (κ2) is 47.0. The van der Waals surface area contributed by atoms with E-state index in [1.165, 1.54) is 14.2 Å². The Kier molecular flexibility index (Phi) is 36.4. The molecule has 20 N–H and O–H groups in total. The van der Waals surface area contributed by atoms with Gasteiger partial charge in [-0.2, -0.15) is 5.26 Å². The van der Waals surface area contributed by atoms with Crippen molar-refractivity contribution in [1.29, 1.82) is 5.26 Å². The number of nitrogens with one attached hydrogen (secondary N) is 15. The number of pyridine rings is 4. The van der Waals surface area contributed by atoms with E-state index >= 15 is 0 Å². The summed E-state index contributed by atoms with van der Waals surface area (Å²) in [6.07, 6.45) is 11.0. The summed E-state index contributed by atoms with van der Waals surface area (Å²) in [5.74, 6) is -7.84. The average Bonchev–Trinajstić information content (AvgIpc) is 1.70. The van der Waals surface area contributed by atoms with Crippen LogP contribution in [-0.4, -0.2) is 242 Å². The molecule has 0 bridgehead atoms. The summed E-state index contributed by atoms with van der Waals surface area (Å²) in [6, 6.07) is 8.88. The lowest BCUT2D eigenvalue weighted by Crippen LogP contribution is -2.54. The molecule has 44 nitrogen and oxygen atoms in total. The van der Waals surface area contributed by atoms with E-state index in [1.54, 1.807) is 73.3 Å². The van der Waals surface area contributed by atoms with Crippen LogP contribution in [0.15, 0.2) is 73.3 Å². The Balaban J connectivity index is 0.000000200. The lowest BCUT2D eigenvalue weighted by atomic mass is 9.97. The molecule has 0 spiro atoms. The molecule has 0 unspecified atom stereocenters. The number of nitrogens with two attached hydrogens (primary N) is 2. The number of hydrogen-bond acceptors (Lipinski definition) is 27. The van der Waals surface area contributed by atoms with Gasteiger partial charge in [-0.3, -0.25) is 57.5 Å². The SMILES string of the molecule is CC(C)C[C@H](NC(=O)c1nc2ncccc2[nH]1)C(=O)N[C@@H](C[C@@H]1CCNC1=O)C(N)=O.CC(C)C[C@H](NC(=O)c1nc2ncccc2[nH]1)C(=O)N[C@H](C#N)C[C@@H]1CCNC1=O.COC(=O)[C@H](C[C@@H]1CCNC1=O)NC(=O)[C@@H](N)CC(C)C.COC(=O)[C@H](C[C@@H]1CCNC1=O)NC(=O)[C@H](CC(C)C)NC(=O)c1nc2ncccc2[nH]1.O=C(O)c1nc2ncccc2[nH]1. The Labute approximate surface area is 723 Å². The number of ether oxygens (including phenoxy) is 2. The maximum Gasteiger partial charge on any atom is 0.371 e. The number of rotatable bonds is 34. The molecule has 44 heteroatoms. The number of carbonyl (C=O) groups excluding carboxylic acids is 14. The lowest BCUT2D eigenvalue weighted by Gasteiger charge is -2.24. The molecule has 12 rings (SSSR count). The highest BCUT2D eigenvalue weighted by molar-refractivity contribution is 6.00. The third-order valence-corrected chi connectivity index (χ3v) is 20.4. The first-order chi connectivity index (χ1) is 60.0. The van der Waals surface area contributed by atoms with Gasteiger partial charge in [0.05, 0.1) is 48.4 Å². The third-order valence-electron chi connectivity index (χ3n) is 20.4. The molecule has 12 atom stereocenters. The summed E-state index contributed by atoms with van der Waals surface area (Å²) in [5, 5.41) is 47.4. The number of carbonyl (C=O) groups is 15. The van der Waals surface area contributed by atoms with Crippen LogP contribution in [0.5, 0.6) is 0 Å². The normalized spacial score (nSPS) is 17.6. The van der Waals surface area contributed by atoms with Gasteiger partial charge in [0, 0.05) is 74.6 Å². The van der Waals surface area contributed by atoms with E-state index in [0.29, 0.717) is 122 Å². The quantitative estimate of drug-likeness (QED) is 0.0247. The van der Waals surface area contributed by atoms with Crippen LogP contribution >= 0.6 is 0 Å². The van der Waals surface area contributed by atoms with E-state index in [1.807, 2.05) is 61.5 Å². The minimum Gasteiger partial charge on any atom is -0.475 e. The zero-order valence-corrected chi connectivity index (χ0v) is 71.5. The molecule has 4 saturated heterocycles. The molecule has 0 saturated carbocycles. The fourth-order valence-electron chi connectivity index (χ4n) is 14.0. The predicted octanol–water partition coefficient (Wildman–Crippen LogP) is 0.722. The van der Waals surface area contributed by atoms with Crippen molar-refractivity contribution < 1.29 is 86.5 Å². The molecule has 0 aromatic carbocycles. The Morgan fingerprint density at radius 2 is 0.706 bits per heavy atom. The summed E-state index contributed by atoms with van der Waals surface area (Å²) < 4.78 is 9.50. The Morgan fingerprint density at radius 3 is 0.984 bits per heavy atom. The smallest absolute Gasteiger partial charge is 0.371 e. The van der Waals surface area contributed by atoms with Gasteiger partial charge >= 0.3 is 17.9 Å². The summed E-state index contributed by atoms with van der Waals surface area (Å²) in [5.41, 5.74) is 15.3. The third kappa shape index (κ3) is 29.1. The predicted molar refractivity (Wildman–Crippen MR) is 452 cm³/mol. The standard InChI is InChI=1S/C21H28N6O5.C20H27N7O4.C20H25N7O3.C14H25N3O4.C7H5N3O2/c1-11(2)9-14(25-20(30)17-24-13-5-4-7-22-16(13)27-17)19(29)26-15(21(31)32-3)10-12-6-8-23-18(12)28;1-10(2)8-14(26-20(31)17-24-12-4-3-6-22-16(12)27-17)19(30)25-13(15(21)28)9-11-5-7-23-18(11)29;1-11(2)8-15(19(29)24-13(10-21)9-12-5-7-23-18(12)28)26-20(30)17-25-14-4-3-6-22-16(14)27-17;1-8(2)6-10(15)13(19)17-11(14(20)21-3)7-9-4-5-16-12(9)18;11-7(12)6-9-4-2-1-3-8-5(4)10-6/h4-5,7,11-12,14-15H,6,8-10H2,1-3H3,(H,23,28)(H,25,30)(H,26,29)(H,22,24,27);3-4,6,10-11,13-14H,5,7-9H2,1-2H3,(H2,21,28)(H,23,29)(H,25,30)(H,26,31)(H,22,24,27);3-4,6,11-13,15H,5,7-9H2,1-2H3,(H,23,28)(H,24,29)(H,26,30)(H,22,25,27);8-11H,4-7,15H2,1-3H3,(H,16,18)(H,17,19);1-3H,(H,11,12)(H,8,9,10)/t12-,14-,15-;11-,13-,14-;12-,13-,15-;9-,10-,11-;/m0000./s1. The maximum atomic E-state index is 13.0. The number of nitriles is 1. The van der Waals surface area contributed by atoms with Gasteiger partial charge in [-0.1, -0.05) is 55.4 Å². The molecule has 4 aliphatic rings. The van der Waals surface area contributed by atoms with Crippen molar-refractivity contribution in [3.05, 3.63) is 96.6 Å². The number of nitrogens with zero attached hydrogens (tertiary/aromatic N) is 9. The van der Waals surface area contributed by atoms with Gasteiger partial charge in [0.15, 0.2) is 40.1 Å². The fourth-order valence-corrected chi connectivity index (χ4v) is 14.0. The molecule has 0 aliphatic carbocycles. The zero-order valence-electron chi connectivity index (χ0n) is 71.5. The van der Waals surface area contributed by atoms with E-state index in [-0.39, 0.29) is 120 Å². The largest absolute Gasteiger partial charge is 0.475 e. The number of imidazole rings is 4. The van der Waals surface area contributed by atoms with E-state index in [9.17, 15) is 77.2 Å². The van der Waals surface area contributed by atoms with Gasteiger partial charge in [-0.25, -0.2) is 54.3 Å². The number of aromatic carboxylic acids is 1. The molecule has 676 valence electrons. The van der Waals surface area contributed by atoms with Gasteiger partial charge in [0.25, 0.3) is 17.7 Å². The van der Waals surface area contributed by atoms with E-state index in [4.69, 9.17) is 26.0 Å². The molecule has 4 aliphatic heterocycles. The van der Waals surface area contributed by atoms with Crippen molar-refractivity contribution in [3.63, 3.8) is 0 Å². The number of amides is 12. The van der Waals surface area contributed by atoms with Crippen LogP contribution in [0.1, 0.15) is 175 Å². The summed E-state index contributed by atoms with van der Waals surface area (Å²) in [4.78, 5) is 226. The Bertz CT molecular complexity index is 5100. The Morgan fingerprint density at radius 1 is 0.421 bits per heavy atom. The molecule has 0 radical (unpaired) electrons. The molecular formula is C82H110N26O18. The van der Waals surface area contributed by atoms with Crippen LogP contribution in [0.3, 0.4) is 0 Å². The number of fused-ring (bicyclic) bond motifs is 4. The number of esters is 2. The van der Waals surface area contributed by atoms with Crippen LogP contribution < -0.4 is 70.0 Å². The van der Waals surface area contributed by atoms with Crippen LogP contribution in [0.25, 0.3) is 44.7 Å². The summed E-state index contributed by atoms with van der Waals surface area (Å²) in [6.45, 7) is 17.7. The van der Waals surface area contributed by atoms with Crippen LogP contribution in [-0.2, 0) is 62.2 Å². The second-order valence-electron chi connectivity index (χ2n) is 32.2. The summed E-state index contributed by atoms with van der Waals surface area (Å²) >= 11 is 0. The second-order valence-corrected chi connectivity index (χ2v) is 32.2. The van der Waals surface area contributed by atoms with Crippen molar-refractivity contribution in [1.82, 2.24) is 118 Å². The van der Waals surface area contributed by atoms with Crippen LogP contribution in [0.4, 0.5) is 0 Å². The lowest BCUT2D eigenvalue weighted by molar-refractivity contribution is -0.146. The first-order valence-corrected chi connectivity index (χ1v) is 41.3. The highest BCUT2D eigenvalue weighted by Gasteiger charge is 2.38. The minimum absolute atomic E-state index is 0.0318. The molecule has 4 fully saturated rings. The van der Waals surface area contributed by atoms with Gasteiger partial charge < -0.3 is 104 Å². The number of carboxylic acids is 1. The molecule has 126 heavy (non-hydrogen) atoms. The average molecular weight is 1750 g/mol. The minimum atomic E-state index is -1.08. The number of hydrogen-bond donors (Lipinski definition) is 18. The number of methoxy groups -OCH3 is 2. The molecule has 12 amide bonds. The molecular weight excluding hydrogens is 1640 g/mol. The first-order valence-electron chi connectivity index (χ1n) is 41.3. The first kappa shape index (κ1) is 97.4. The van der Waals surface area contributed by atoms with E-state index < -0.39 is 114 Å². The van der Waals surface area contributed by atoms with Crippen LogP contribution in [0.2, 0.25) is 0 Å². The van der Waals surface area contributed by atoms with E-state index in [0.717, 1.165) is 0 Å². The van der Waals surface area contributed by atoms with Gasteiger partial charge in [-0.15, -0.1) is 0 Å². The van der Waals surface area contributed by atoms with Gasteiger partial charge in [-0.05, 0) is 149 Å². The monoisotopic (exact) mass is 1750 g/mol. The zero-order chi connectivity index (χ0) is 92.0. The van der Waals surface area contributed by atoms with Crippen molar-refractivity contribution in [3.8, 4) is 6.07 Å². The number of aromatic nitrogens is 12. The number of H-pyrrole nitrogens is 4. The number of carboxylic acid groups (broad SMARTS) is 1. The number of primary amides is 1. The summed E-state index contributed by atoms with van der Waals surface area (Å²) in [7, 11) is 2.48.